The summed E-state index contributed by atoms with van der Waals surface area (Å²) in [5.41, 5.74) is 2.31. The van der Waals surface area contributed by atoms with Gasteiger partial charge < -0.3 is 20.1 Å². The van der Waals surface area contributed by atoms with Crippen LogP contribution in [0.3, 0.4) is 0 Å². The Morgan fingerprint density at radius 2 is 2.17 bits per heavy atom. The number of anilines is 1. The van der Waals surface area contributed by atoms with Crippen LogP contribution in [0.2, 0.25) is 0 Å². The molecule has 126 valence electrons. The lowest BCUT2D eigenvalue weighted by molar-refractivity contribution is -0.0950. The van der Waals surface area contributed by atoms with Crippen LogP contribution >= 0.6 is 0 Å². The van der Waals surface area contributed by atoms with Crippen LogP contribution in [0.4, 0.5) is 5.82 Å². The molecule has 1 aliphatic rings. The standard InChI is InChI=1S/C13H20N6O4/c1-13(22)9(21)7(4-20)23-12(13)19-6-17-8-10(18(3)14-2)15-5-16-11(8)19/h5-7,9,12,14,20-22H,4H2,1-3H3/t7-,9-,12-,13-/m1/s1. The average Bonchev–Trinajstić information content (AvgIpc) is 3.06. The molecule has 0 radical (unpaired) electrons. The highest BCUT2D eigenvalue weighted by Gasteiger charge is 2.53. The Morgan fingerprint density at radius 1 is 1.43 bits per heavy atom. The van der Waals surface area contributed by atoms with Crippen molar-refractivity contribution < 1.29 is 20.1 Å². The van der Waals surface area contributed by atoms with Crippen molar-refractivity contribution in [1.82, 2.24) is 24.9 Å². The number of rotatable bonds is 4. The van der Waals surface area contributed by atoms with Crippen molar-refractivity contribution in [3.05, 3.63) is 12.7 Å². The van der Waals surface area contributed by atoms with Gasteiger partial charge in [0, 0.05) is 14.1 Å². The zero-order chi connectivity index (χ0) is 16.8. The third-order valence-electron chi connectivity index (χ3n) is 4.18. The lowest BCUT2D eigenvalue weighted by Gasteiger charge is -2.27. The molecule has 10 nitrogen and oxygen atoms in total. The highest BCUT2D eigenvalue weighted by Crippen LogP contribution is 2.39. The minimum Gasteiger partial charge on any atom is -0.394 e. The van der Waals surface area contributed by atoms with E-state index < -0.39 is 30.6 Å². The Bertz CT molecular complexity index is 705. The van der Waals surface area contributed by atoms with E-state index in [2.05, 4.69) is 20.4 Å². The van der Waals surface area contributed by atoms with Crippen LogP contribution in [-0.4, -0.2) is 73.3 Å². The number of hydrogen-bond acceptors (Lipinski definition) is 9. The number of nitrogens with zero attached hydrogens (tertiary/aromatic N) is 5. The van der Waals surface area contributed by atoms with Crippen LogP contribution in [0.5, 0.6) is 0 Å². The lowest BCUT2D eigenvalue weighted by Crippen LogP contribution is -2.44. The van der Waals surface area contributed by atoms with Gasteiger partial charge in [-0.2, -0.15) is 0 Å². The van der Waals surface area contributed by atoms with Crippen molar-refractivity contribution in [2.75, 3.05) is 25.7 Å². The molecular weight excluding hydrogens is 304 g/mol. The number of hydrogen-bond donors (Lipinski definition) is 4. The summed E-state index contributed by atoms with van der Waals surface area (Å²) in [7, 11) is 3.53. The predicted molar refractivity (Wildman–Crippen MR) is 80.4 cm³/mol. The number of aromatic nitrogens is 4. The molecule has 23 heavy (non-hydrogen) atoms. The molecule has 4 atom stereocenters. The van der Waals surface area contributed by atoms with E-state index in [9.17, 15) is 15.3 Å². The van der Waals surface area contributed by atoms with Gasteiger partial charge in [-0.15, -0.1) is 0 Å². The normalized spacial score (nSPS) is 31.0. The summed E-state index contributed by atoms with van der Waals surface area (Å²) in [6.07, 6.45) is -0.182. The van der Waals surface area contributed by atoms with Crippen molar-refractivity contribution >= 4 is 17.0 Å². The van der Waals surface area contributed by atoms with Gasteiger partial charge in [-0.1, -0.05) is 0 Å². The summed E-state index contributed by atoms with van der Waals surface area (Å²) < 4.78 is 7.13. The largest absolute Gasteiger partial charge is 0.394 e. The third-order valence-corrected chi connectivity index (χ3v) is 4.18. The van der Waals surface area contributed by atoms with Gasteiger partial charge in [0.2, 0.25) is 0 Å². The molecule has 0 bridgehead atoms. The van der Waals surface area contributed by atoms with Crippen molar-refractivity contribution in [1.29, 1.82) is 0 Å². The van der Waals surface area contributed by atoms with Crippen LogP contribution in [0.1, 0.15) is 13.2 Å². The predicted octanol–water partition coefficient (Wildman–Crippen LogP) is -1.60. The molecule has 10 heteroatoms. The third kappa shape index (κ3) is 2.35. The topological polar surface area (TPSA) is 129 Å². The van der Waals surface area contributed by atoms with Crippen molar-refractivity contribution in [2.24, 2.45) is 0 Å². The fourth-order valence-electron chi connectivity index (χ4n) is 2.75. The van der Waals surface area contributed by atoms with E-state index in [1.54, 1.807) is 19.1 Å². The van der Waals surface area contributed by atoms with Crippen LogP contribution in [0, 0.1) is 0 Å². The number of nitrogens with one attached hydrogen (secondary N) is 1. The first-order chi connectivity index (χ1) is 10.9. The smallest absolute Gasteiger partial charge is 0.174 e. The zero-order valence-corrected chi connectivity index (χ0v) is 13.1. The minimum atomic E-state index is -1.60. The second-order valence-corrected chi connectivity index (χ2v) is 5.68. The van der Waals surface area contributed by atoms with Gasteiger partial charge in [0.05, 0.1) is 12.9 Å². The Hall–Kier alpha value is -1.85. The lowest BCUT2D eigenvalue weighted by atomic mass is 9.96. The molecule has 2 aromatic heterocycles. The molecule has 0 unspecified atom stereocenters. The van der Waals surface area contributed by atoms with Crippen molar-refractivity contribution in [3.8, 4) is 0 Å². The molecule has 0 aliphatic carbocycles. The molecule has 0 aromatic carbocycles. The number of aliphatic hydroxyl groups excluding tert-OH is 2. The first-order valence-corrected chi connectivity index (χ1v) is 7.17. The molecule has 0 amide bonds. The molecule has 1 fully saturated rings. The van der Waals surface area contributed by atoms with E-state index in [4.69, 9.17) is 4.74 Å². The van der Waals surface area contributed by atoms with Crippen LogP contribution in [-0.2, 0) is 4.74 Å². The maximum Gasteiger partial charge on any atom is 0.174 e. The van der Waals surface area contributed by atoms with Crippen LogP contribution in [0.15, 0.2) is 12.7 Å². The molecule has 1 saturated heterocycles. The van der Waals surface area contributed by atoms with E-state index in [-0.39, 0.29) is 0 Å². The first kappa shape index (κ1) is 16.0. The van der Waals surface area contributed by atoms with Gasteiger partial charge in [0.25, 0.3) is 0 Å². The molecular formula is C13H20N6O4. The van der Waals surface area contributed by atoms with E-state index in [1.807, 2.05) is 0 Å². The van der Waals surface area contributed by atoms with Gasteiger partial charge in [-0.3, -0.25) is 9.58 Å². The van der Waals surface area contributed by atoms with E-state index in [0.717, 1.165) is 0 Å². The SMILES string of the molecule is CNN(C)c1ncnc2c1ncn2[C@@H]1O[C@H](CO)[C@@H](O)[C@@]1(C)O. The molecule has 1 aliphatic heterocycles. The number of ether oxygens (including phenoxy) is 1. The van der Waals surface area contributed by atoms with Crippen LogP contribution in [0.25, 0.3) is 11.2 Å². The summed E-state index contributed by atoms with van der Waals surface area (Å²) >= 11 is 0. The molecule has 0 spiro atoms. The van der Waals surface area contributed by atoms with Gasteiger partial charge in [-0.05, 0) is 6.92 Å². The summed E-state index contributed by atoms with van der Waals surface area (Å²) in [4.78, 5) is 12.7. The van der Waals surface area contributed by atoms with Crippen molar-refractivity contribution in [2.45, 2.75) is 31.0 Å². The summed E-state index contributed by atoms with van der Waals surface area (Å²) in [5, 5.41) is 31.7. The Balaban J connectivity index is 2.08. The average molecular weight is 324 g/mol. The second kappa shape index (κ2) is 5.65. The van der Waals surface area contributed by atoms with Crippen LogP contribution < -0.4 is 10.4 Å². The molecule has 3 heterocycles. The Kier molecular flexibility index (Phi) is 3.94. The van der Waals surface area contributed by atoms with Gasteiger partial charge in [0.1, 0.15) is 24.1 Å². The highest BCUT2D eigenvalue weighted by atomic mass is 16.6. The summed E-state index contributed by atoms with van der Waals surface area (Å²) in [6.45, 7) is 1.05. The van der Waals surface area contributed by atoms with E-state index >= 15 is 0 Å². The van der Waals surface area contributed by atoms with Gasteiger partial charge >= 0.3 is 0 Å². The van der Waals surface area contributed by atoms with Gasteiger partial charge in [-0.25, -0.2) is 20.4 Å². The maximum atomic E-state index is 10.6. The molecule has 2 aromatic rings. The zero-order valence-electron chi connectivity index (χ0n) is 13.1. The number of hydrazine groups is 1. The Labute approximate surface area is 132 Å². The molecule has 0 saturated carbocycles. The molecule has 4 N–H and O–H groups in total. The second-order valence-electron chi connectivity index (χ2n) is 5.68. The fourth-order valence-corrected chi connectivity index (χ4v) is 2.75. The summed E-state index contributed by atoms with van der Waals surface area (Å²) in [5.74, 6) is 0.563. The van der Waals surface area contributed by atoms with E-state index in [0.29, 0.717) is 17.0 Å². The molecule has 3 rings (SSSR count). The van der Waals surface area contributed by atoms with Gasteiger partial charge in [0.15, 0.2) is 23.2 Å². The summed E-state index contributed by atoms with van der Waals surface area (Å²) in [6, 6.07) is 0. The number of fused-ring (bicyclic) bond motifs is 1. The quantitative estimate of drug-likeness (QED) is 0.491. The van der Waals surface area contributed by atoms with E-state index in [1.165, 1.54) is 24.1 Å². The highest BCUT2D eigenvalue weighted by molar-refractivity contribution is 5.83. The minimum absolute atomic E-state index is 0.400. The van der Waals surface area contributed by atoms with Crippen molar-refractivity contribution in [3.63, 3.8) is 0 Å². The maximum absolute atomic E-state index is 10.6. The Morgan fingerprint density at radius 3 is 2.78 bits per heavy atom. The fraction of sp³-hybridized carbons (Fsp3) is 0.615. The monoisotopic (exact) mass is 324 g/mol. The first-order valence-electron chi connectivity index (χ1n) is 7.17. The number of aliphatic hydroxyl groups is 3. The number of imidazole rings is 1.